The van der Waals surface area contributed by atoms with Crippen LogP contribution in [0.1, 0.15) is 156 Å². The van der Waals surface area contributed by atoms with Crippen molar-refractivity contribution >= 4 is 117 Å². The van der Waals surface area contributed by atoms with Crippen LogP contribution in [0.2, 0.25) is 0 Å². The zero-order chi connectivity index (χ0) is 60.2. The van der Waals surface area contributed by atoms with Gasteiger partial charge in [0.05, 0.1) is 33.2 Å². The minimum atomic E-state index is -0.270. The number of hydrogen-bond acceptors (Lipinski definition) is 6. The van der Waals surface area contributed by atoms with E-state index in [1.54, 1.807) is 0 Å². The van der Waals surface area contributed by atoms with E-state index >= 15 is 0 Å². The third kappa shape index (κ3) is 8.66. The highest BCUT2D eigenvalue weighted by atomic mass is 32.1. The van der Waals surface area contributed by atoms with Crippen molar-refractivity contribution in [3.05, 3.63) is 215 Å². The van der Waals surface area contributed by atoms with E-state index in [0.29, 0.717) is 0 Å². The minimum Gasteiger partial charge on any atom is -0.335 e. The standard InChI is InChI=1S/C79H80BN5S/c1-74(2,3)51-24-32-55(33-25-51)82(56-34-26-52(27-35-56)75(4,5)6)59-40-41-64-67(46-59)84(66-22-19-21-62-61-20-15-16-23-70(61)86-73(62)66)68-47-60(83(57-36-28-53(29-37-57)76(7,8)9)58-38-30-54(31-39-58)77(10,11)12)48-69-71(68)80(64)65-45-50(49-81)44-63-72(65)85(69)79(14)43-18-17-42-78(63,79)13/h15-16,19-41,44-48H,17-18,42-43H2,1-14H3. The number of anilines is 11. The number of benzene rings is 9. The van der Waals surface area contributed by atoms with Crippen molar-refractivity contribution in [1.29, 1.82) is 5.26 Å². The van der Waals surface area contributed by atoms with Gasteiger partial charge >= 0.3 is 0 Å². The Morgan fingerprint density at radius 3 is 1.48 bits per heavy atom. The lowest BCUT2D eigenvalue weighted by molar-refractivity contribution is 0.195. The molecule has 86 heavy (non-hydrogen) atoms. The van der Waals surface area contributed by atoms with Gasteiger partial charge in [-0.25, -0.2) is 0 Å². The predicted octanol–water partition coefficient (Wildman–Crippen LogP) is 20.4. The molecule has 0 amide bonds. The summed E-state index contributed by atoms with van der Waals surface area (Å²) in [7, 11) is 0. The number of hydrogen-bond donors (Lipinski definition) is 0. The molecule has 1 fully saturated rings. The fraction of sp³-hybridized carbons (Fsp3) is 0.304. The van der Waals surface area contributed by atoms with Crippen molar-refractivity contribution in [2.75, 3.05) is 19.6 Å². The molecule has 2 unspecified atom stereocenters. The molecule has 5 nitrogen and oxygen atoms in total. The van der Waals surface area contributed by atoms with Crippen molar-refractivity contribution in [2.24, 2.45) is 0 Å². The van der Waals surface area contributed by atoms with E-state index in [1.807, 2.05) is 11.3 Å². The molecule has 4 heterocycles. The highest BCUT2D eigenvalue weighted by molar-refractivity contribution is 7.26. The first-order valence-electron chi connectivity index (χ1n) is 31.3. The largest absolute Gasteiger partial charge is 0.335 e. The van der Waals surface area contributed by atoms with Gasteiger partial charge in [0, 0.05) is 72.1 Å². The Bertz CT molecular complexity index is 4270. The molecule has 0 saturated heterocycles. The quantitative estimate of drug-likeness (QED) is 0.149. The summed E-state index contributed by atoms with van der Waals surface area (Å²) in [4.78, 5) is 10.4. The molecule has 4 aliphatic rings. The summed E-state index contributed by atoms with van der Waals surface area (Å²) in [6.07, 6.45) is 4.41. The molecule has 10 aromatic rings. The molecule has 0 radical (unpaired) electrons. The fourth-order valence-corrected chi connectivity index (χ4v) is 16.4. The second-order valence-electron chi connectivity index (χ2n) is 29.7. The Labute approximate surface area is 515 Å². The first-order chi connectivity index (χ1) is 40.9. The van der Waals surface area contributed by atoms with Crippen LogP contribution >= 0.6 is 11.3 Å². The molecule has 0 N–H and O–H groups in total. The zero-order valence-electron chi connectivity index (χ0n) is 52.9. The molecule has 14 rings (SSSR count). The van der Waals surface area contributed by atoms with E-state index in [9.17, 15) is 5.26 Å². The van der Waals surface area contributed by atoms with Crippen LogP contribution in [0.4, 0.5) is 62.6 Å². The Hall–Kier alpha value is -8.05. The number of nitrogens with zero attached hydrogens (tertiary/aromatic N) is 5. The van der Waals surface area contributed by atoms with E-state index in [1.165, 1.54) is 75.8 Å². The van der Waals surface area contributed by atoms with Crippen LogP contribution in [0, 0.1) is 11.3 Å². The fourth-order valence-electron chi connectivity index (χ4n) is 15.1. The van der Waals surface area contributed by atoms with Gasteiger partial charge in [-0.05, 0) is 183 Å². The van der Waals surface area contributed by atoms with Gasteiger partial charge in [0.1, 0.15) is 0 Å². The maximum absolute atomic E-state index is 11.2. The van der Waals surface area contributed by atoms with Gasteiger partial charge in [0.15, 0.2) is 0 Å². The van der Waals surface area contributed by atoms with Gasteiger partial charge in [-0.15, -0.1) is 11.3 Å². The zero-order valence-corrected chi connectivity index (χ0v) is 53.7. The molecule has 9 aromatic carbocycles. The summed E-state index contributed by atoms with van der Waals surface area (Å²) in [5.41, 5.74) is 23.0. The Kier molecular flexibility index (Phi) is 12.6. The van der Waals surface area contributed by atoms with E-state index < -0.39 is 0 Å². The molecule has 1 aliphatic carbocycles. The average Bonchev–Trinajstić information content (AvgIpc) is 1.43. The Balaban J connectivity index is 1.11. The topological polar surface area (TPSA) is 36.8 Å². The molecular weight excluding hydrogens is 1060 g/mol. The smallest absolute Gasteiger partial charge is 0.252 e. The Morgan fingerprint density at radius 2 is 0.942 bits per heavy atom. The van der Waals surface area contributed by atoms with Gasteiger partial charge in [0.25, 0.3) is 6.71 Å². The highest BCUT2D eigenvalue weighted by Gasteiger charge is 2.61. The molecule has 0 bridgehead atoms. The van der Waals surface area contributed by atoms with Gasteiger partial charge in [-0.2, -0.15) is 5.26 Å². The van der Waals surface area contributed by atoms with E-state index in [0.717, 1.165) is 82.4 Å². The predicted molar refractivity (Wildman–Crippen MR) is 370 cm³/mol. The van der Waals surface area contributed by atoms with Crippen molar-refractivity contribution in [2.45, 2.75) is 155 Å². The van der Waals surface area contributed by atoms with Crippen LogP contribution in [-0.4, -0.2) is 12.3 Å². The van der Waals surface area contributed by atoms with Crippen molar-refractivity contribution in [3.8, 4) is 6.07 Å². The molecular formula is C79H80BN5S. The third-order valence-corrected chi connectivity index (χ3v) is 21.4. The lowest BCUT2D eigenvalue weighted by atomic mass is 9.33. The second kappa shape index (κ2) is 19.5. The Morgan fingerprint density at radius 1 is 0.465 bits per heavy atom. The second-order valence-corrected chi connectivity index (χ2v) is 30.8. The van der Waals surface area contributed by atoms with Crippen LogP contribution in [0.15, 0.2) is 182 Å². The summed E-state index contributed by atoms with van der Waals surface area (Å²) in [6.45, 7) is 32.4. The van der Waals surface area contributed by atoms with Gasteiger partial charge in [0.2, 0.25) is 0 Å². The summed E-state index contributed by atoms with van der Waals surface area (Å²) >= 11 is 1.89. The maximum Gasteiger partial charge on any atom is 0.252 e. The van der Waals surface area contributed by atoms with Gasteiger partial charge in [-0.3, -0.25) is 0 Å². The average molecular weight is 1140 g/mol. The normalized spacial score (nSPS) is 17.9. The molecule has 7 heteroatoms. The van der Waals surface area contributed by atoms with Crippen molar-refractivity contribution in [3.63, 3.8) is 0 Å². The summed E-state index contributed by atoms with van der Waals surface area (Å²) < 4.78 is 2.52. The first-order valence-corrected chi connectivity index (χ1v) is 32.1. The van der Waals surface area contributed by atoms with Crippen LogP contribution in [-0.2, 0) is 27.1 Å². The summed E-state index contributed by atoms with van der Waals surface area (Å²) in [5.74, 6) is 0. The number of rotatable bonds is 7. The number of thiophene rings is 1. The molecule has 1 aromatic heterocycles. The molecule has 3 aliphatic heterocycles. The third-order valence-electron chi connectivity index (χ3n) is 20.2. The summed E-state index contributed by atoms with van der Waals surface area (Å²) in [5, 5.41) is 13.7. The van der Waals surface area contributed by atoms with Crippen molar-refractivity contribution < 1.29 is 0 Å². The molecule has 2 atom stereocenters. The van der Waals surface area contributed by atoms with Crippen LogP contribution in [0.3, 0.4) is 0 Å². The first kappa shape index (κ1) is 55.8. The molecule has 1 saturated carbocycles. The lowest BCUT2D eigenvalue weighted by Gasteiger charge is -2.53. The molecule has 0 spiro atoms. The highest BCUT2D eigenvalue weighted by Crippen LogP contribution is 2.63. The van der Waals surface area contributed by atoms with Crippen LogP contribution < -0.4 is 36.0 Å². The maximum atomic E-state index is 11.2. The SMILES string of the molecule is CC(C)(C)c1ccc(N(c2ccc(C(C)(C)C)cc2)c2ccc3c(c2)N(c2cccc4c2sc2ccccc24)c2cc(N(c4ccc(C(C)(C)C)cc4)c4ccc(C(C)(C)C)cc4)cc4c2B3c2cc(C#N)cc3c2N4C2(C)CCCCC32C)cc1. The van der Waals surface area contributed by atoms with E-state index in [-0.39, 0.29) is 39.3 Å². The van der Waals surface area contributed by atoms with Gasteiger partial charge in [-0.1, -0.05) is 188 Å². The number of nitriles is 1. The van der Waals surface area contributed by atoms with E-state index in [4.69, 9.17) is 0 Å². The number of fused-ring (bicyclic) bond motifs is 10. The van der Waals surface area contributed by atoms with Crippen molar-refractivity contribution in [1.82, 2.24) is 0 Å². The lowest BCUT2D eigenvalue weighted by Crippen LogP contribution is -2.64. The monoisotopic (exact) mass is 1140 g/mol. The molecule has 430 valence electrons. The van der Waals surface area contributed by atoms with Crippen LogP contribution in [0.5, 0.6) is 0 Å². The summed E-state index contributed by atoms with van der Waals surface area (Å²) in [6, 6.07) is 72.7. The minimum absolute atomic E-state index is 0.00465. The van der Waals surface area contributed by atoms with Crippen LogP contribution in [0.25, 0.3) is 20.2 Å². The van der Waals surface area contributed by atoms with E-state index in [2.05, 4.69) is 305 Å². The van der Waals surface area contributed by atoms with Gasteiger partial charge < -0.3 is 19.6 Å².